The van der Waals surface area contributed by atoms with Crippen LogP contribution in [0.1, 0.15) is 64.2 Å². The third-order valence-corrected chi connectivity index (χ3v) is 7.44. The Morgan fingerprint density at radius 2 is 1.63 bits per heavy atom. The lowest BCUT2D eigenvalue weighted by molar-refractivity contribution is -0.131. The molecule has 2 saturated carbocycles. The molecule has 2 aliphatic heterocycles. The number of carbonyl (C=O) groups excluding carboxylic acids is 1. The molecule has 0 spiro atoms. The number of hydrogen-bond donors (Lipinski definition) is 0. The van der Waals surface area contributed by atoms with E-state index in [9.17, 15) is 4.79 Å². The van der Waals surface area contributed by atoms with E-state index in [0.717, 1.165) is 77.5 Å². The molecule has 2 saturated heterocycles. The molecule has 154 valence electrons. The van der Waals surface area contributed by atoms with Gasteiger partial charge in [0, 0.05) is 63.4 Å². The minimum absolute atomic E-state index is 0.359. The first kappa shape index (κ1) is 19.7. The number of likely N-dealkylation sites (N-methyl/N-ethyl adjacent to an activating group) is 1. The number of ether oxygens (including phenoxy) is 1. The predicted molar refractivity (Wildman–Crippen MR) is 108 cm³/mol. The van der Waals surface area contributed by atoms with Crippen molar-refractivity contribution in [2.75, 3.05) is 46.4 Å². The van der Waals surface area contributed by atoms with Gasteiger partial charge < -0.3 is 14.5 Å². The summed E-state index contributed by atoms with van der Waals surface area (Å²) >= 11 is 0. The van der Waals surface area contributed by atoms with Crippen LogP contribution in [-0.2, 0) is 9.53 Å². The Hall–Kier alpha value is -0.650. The van der Waals surface area contributed by atoms with Gasteiger partial charge in [-0.05, 0) is 52.0 Å². The summed E-state index contributed by atoms with van der Waals surface area (Å²) in [6, 6.07) is 1.97. The Balaban J connectivity index is 1.34. The first-order chi connectivity index (χ1) is 13.2. The maximum atomic E-state index is 12.5. The predicted octanol–water partition coefficient (Wildman–Crippen LogP) is 2.74. The summed E-state index contributed by atoms with van der Waals surface area (Å²) in [4.78, 5) is 20.1. The SMILES string of the molecule is CN(CCN(C1CCOCC1)C1CCN(C(=O)C2CC2)C1)C1CCCCC1. The quantitative estimate of drug-likeness (QED) is 0.683. The molecule has 0 radical (unpaired) electrons. The minimum Gasteiger partial charge on any atom is -0.381 e. The summed E-state index contributed by atoms with van der Waals surface area (Å²) in [7, 11) is 2.33. The van der Waals surface area contributed by atoms with Gasteiger partial charge in [-0.2, -0.15) is 0 Å². The van der Waals surface area contributed by atoms with Crippen LogP contribution in [0.15, 0.2) is 0 Å². The van der Waals surface area contributed by atoms with Gasteiger partial charge in [0.2, 0.25) is 5.91 Å². The van der Waals surface area contributed by atoms with Crippen LogP contribution >= 0.6 is 0 Å². The van der Waals surface area contributed by atoms with Crippen molar-refractivity contribution in [3.63, 3.8) is 0 Å². The average molecular weight is 378 g/mol. The second-order valence-electron chi connectivity index (χ2n) is 9.35. The molecule has 5 nitrogen and oxygen atoms in total. The number of hydrogen-bond acceptors (Lipinski definition) is 4. The maximum Gasteiger partial charge on any atom is 0.225 e. The molecule has 0 N–H and O–H groups in total. The first-order valence-corrected chi connectivity index (χ1v) is 11.5. The van der Waals surface area contributed by atoms with Crippen molar-refractivity contribution in [2.45, 2.75) is 82.3 Å². The van der Waals surface area contributed by atoms with Crippen LogP contribution in [0.25, 0.3) is 0 Å². The number of carbonyl (C=O) groups is 1. The fourth-order valence-electron chi connectivity index (χ4n) is 5.46. The topological polar surface area (TPSA) is 36.0 Å². The minimum atomic E-state index is 0.359. The smallest absolute Gasteiger partial charge is 0.225 e. The van der Waals surface area contributed by atoms with E-state index in [1.54, 1.807) is 0 Å². The maximum absolute atomic E-state index is 12.5. The molecule has 1 amide bonds. The van der Waals surface area contributed by atoms with Crippen LogP contribution in [0.5, 0.6) is 0 Å². The number of amides is 1. The molecule has 4 rings (SSSR count). The molecule has 4 aliphatic rings. The van der Waals surface area contributed by atoms with Crippen LogP contribution in [0.3, 0.4) is 0 Å². The van der Waals surface area contributed by atoms with E-state index in [-0.39, 0.29) is 0 Å². The van der Waals surface area contributed by atoms with Gasteiger partial charge in [0.1, 0.15) is 0 Å². The highest BCUT2D eigenvalue weighted by atomic mass is 16.5. The summed E-state index contributed by atoms with van der Waals surface area (Å²) in [6.45, 7) is 6.04. The van der Waals surface area contributed by atoms with Crippen molar-refractivity contribution < 1.29 is 9.53 Å². The van der Waals surface area contributed by atoms with Gasteiger partial charge in [0.25, 0.3) is 0 Å². The molecule has 0 aromatic carbocycles. The van der Waals surface area contributed by atoms with Gasteiger partial charge in [-0.15, -0.1) is 0 Å². The monoisotopic (exact) mass is 377 g/mol. The molecule has 0 aromatic rings. The van der Waals surface area contributed by atoms with E-state index in [0.29, 0.717) is 23.9 Å². The molecule has 5 heteroatoms. The number of rotatable bonds is 7. The Morgan fingerprint density at radius 3 is 2.33 bits per heavy atom. The summed E-state index contributed by atoms with van der Waals surface area (Å²) < 4.78 is 5.63. The van der Waals surface area contributed by atoms with Crippen LogP contribution in [0.4, 0.5) is 0 Å². The molecule has 0 aromatic heterocycles. The van der Waals surface area contributed by atoms with Gasteiger partial charge in [0.15, 0.2) is 0 Å². The summed E-state index contributed by atoms with van der Waals surface area (Å²) in [6.07, 6.45) is 12.7. The molecule has 2 heterocycles. The van der Waals surface area contributed by atoms with Crippen LogP contribution in [0, 0.1) is 5.92 Å². The van der Waals surface area contributed by atoms with Crippen molar-refractivity contribution in [1.29, 1.82) is 0 Å². The van der Waals surface area contributed by atoms with Gasteiger partial charge in [-0.1, -0.05) is 19.3 Å². The van der Waals surface area contributed by atoms with Gasteiger partial charge in [0.05, 0.1) is 0 Å². The average Bonchev–Trinajstić information content (AvgIpc) is 3.46. The van der Waals surface area contributed by atoms with Crippen LogP contribution < -0.4 is 0 Å². The highest BCUT2D eigenvalue weighted by Crippen LogP contribution is 2.33. The number of nitrogens with zero attached hydrogens (tertiary/aromatic N) is 3. The molecular formula is C22H39N3O2. The van der Waals surface area contributed by atoms with Crippen molar-refractivity contribution in [3.8, 4) is 0 Å². The van der Waals surface area contributed by atoms with E-state index in [2.05, 4.69) is 21.7 Å². The molecule has 4 fully saturated rings. The molecular weight excluding hydrogens is 338 g/mol. The van der Waals surface area contributed by atoms with Gasteiger partial charge in [-0.25, -0.2) is 0 Å². The zero-order chi connectivity index (χ0) is 18.6. The summed E-state index contributed by atoms with van der Waals surface area (Å²) in [5, 5.41) is 0. The molecule has 1 atom stereocenters. The fourth-order valence-corrected chi connectivity index (χ4v) is 5.46. The van der Waals surface area contributed by atoms with E-state index in [1.165, 1.54) is 32.1 Å². The molecule has 27 heavy (non-hydrogen) atoms. The molecule has 2 aliphatic carbocycles. The summed E-state index contributed by atoms with van der Waals surface area (Å²) in [5.41, 5.74) is 0. The van der Waals surface area contributed by atoms with Crippen LogP contribution in [-0.4, -0.2) is 85.2 Å². The Labute approximate surface area is 165 Å². The Kier molecular flexibility index (Phi) is 6.72. The standard InChI is InChI=1S/C22H39N3O2/c1-23(19-5-3-2-4-6-19)13-14-25(20-10-15-27-16-11-20)21-9-12-24(17-21)22(26)18-7-8-18/h18-21H,2-17H2,1H3. The molecule has 0 bridgehead atoms. The third-order valence-electron chi connectivity index (χ3n) is 7.44. The van der Waals surface area contributed by atoms with E-state index in [4.69, 9.17) is 4.74 Å². The first-order valence-electron chi connectivity index (χ1n) is 11.5. The Morgan fingerprint density at radius 1 is 0.889 bits per heavy atom. The van der Waals surface area contributed by atoms with E-state index in [1.807, 2.05) is 0 Å². The second-order valence-corrected chi connectivity index (χ2v) is 9.35. The second kappa shape index (κ2) is 9.23. The number of likely N-dealkylation sites (tertiary alicyclic amines) is 1. The van der Waals surface area contributed by atoms with Crippen molar-refractivity contribution >= 4 is 5.91 Å². The van der Waals surface area contributed by atoms with Crippen LogP contribution in [0.2, 0.25) is 0 Å². The van der Waals surface area contributed by atoms with E-state index < -0.39 is 0 Å². The lowest BCUT2D eigenvalue weighted by Crippen LogP contribution is -2.50. The zero-order valence-corrected chi connectivity index (χ0v) is 17.3. The van der Waals surface area contributed by atoms with E-state index >= 15 is 0 Å². The molecule has 1 unspecified atom stereocenters. The largest absolute Gasteiger partial charge is 0.381 e. The van der Waals surface area contributed by atoms with Gasteiger partial charge in [-0.3, -0.25) is 9.69 Å². The zero-order valence-electron chi connectivity index (χ0n) is 17.3. The lowest BCUT2D eigenvalue weighted by Gasteiger charge is -2.40. The lowest BCUT2D eigenvalue weighted by atomic mass is 9.94. The highest BCUT2D eigenvalue weighted by molar-refractivity contribution is 5.81. The fraction of sp³-hybridized carbons (Fsp3) is 0.955. The van der Waals surface area contributed by atoms with Gasteiger partial charge >= 0.3 is 0 Å². The Bertz CT molecular complexity index is 484. The normalized spacial score (nSPS) is 28.4. The summed E-state index contributed by atoms with van der Waals surface area (Å²) in [5.74, 6) is 0.793. The third kappa shape index (κ3) is 5.04. The van der Waals surface area contributed by atoms with Crippen molar-refractivity contribution in [3.05, 3.63) is 0 Å². The van der Waals surface area contributed by atoms with Crippen molar-refractivity contribution in [1.82, 2.24) is 14.7 Å². The highest BCUT2D eigenvalue weighted by Gasteiger charge is 2.39. The van der Waals surface area contributed by atoms with Crippen molar-refractivity contribution in [2.24, 2.45) is 5.92 Å².